The minimum absolute atomic E-state index is 0.238. The quantitative estimate of drug-likeness (QED) is 0.604. The van der Waals surface area contributed by atoms with Gasteiger partial charge in [0.1, 0.15) is 4.21 Å². The van der Waals surface area contributed by atoms with Gasteiger partial charge in [-0.15, -0.1) is 11.6 Å². The first-order valence-electron chi connectivity index (χ1n) is 4.27. The van der Waals surface area contributed by atoms with Crippen molar-refractivity contribution >= 4 is 30.1 Å². The molecule has 0 aliphatic heterocycles. The Hall–Kier alpha value is -0.670. The van der Waals surface area contributed by atoms with Crippen LogP contribution in [0.5, 0.6) is 0 Å². The van der Waals surface area contributed by atoms with E-state index in [1.165, 1.54) is 0 Å². The van der Waals surface area contributed by atoms with Crippen LogP contribution in [0.25, 0.3) is 0 Å². The molecule has 0 spiro atoms. The number of benzene rings is 1. The number of thiol groups is 1. The summed E-state index contributed by atoms with van der Waals surface area (Å²) in [5.74, 6) is -0.361. The van der Waals surface area contributed by atoms with Gasteiger partial charge in [0.15, 0.2) is 0 Å². The highest BCUT2D eigenvalue weighted by Gasteiger charge is 2.24. The van der Waals surface area contributed by atoms with Crippen LogP contribution in [0.1, 0.15) is 18.4 Å². The Labute approximate surface area is 93.9 Å². The maximum atomic E-state index is 10.6. The third kappa shape index (κ3) is 3.24. The molecule has 0 bridgehead atoms. The van der Waals surface area contributed by atoms with Gasteiger partial charge in [-0.05, 0) is 12.0 Å². The fourth-order valence-electron chi connectivity index (χ4n) is 1.13. The molecule has 0 aliphatic carbocycles. The SMILES string of the molecule is NC(=O)CCC(S)(Cl)c1ccccc1. The van der Waals surface area contributed by atoms with Crippen LogP contribution in [0.2, 0.25) is 0 Å². The van der Waals surface area contributed by atoms with Crippen LogP contribution in [0.15, 0.2) is 30.3 Å². The maximum absolute atomic E-state index is 10.6. The van der Waals surface area contributed by atoms with E-state index in [2.05, 4.69) is 12.6 Å². The lowest BCUT2D eigenvalue weighted by atomic mass is 10.1. The summed E-state index contributed by atoms with van der Waals surface area (Å²) in [6.07, 6.45) is 0.666. The van der Waals surface area contributed by atoms with Crippen LogP contribution in [-0.4, -0.2) is 5.91 Å². The Bertz CT molecular complexity index is 313. The van der Waals surface area contributed by atoms with Gasteiger partial charge in [-0.3, -0.25) is 4.79 Å². The standard InChI is InChI=1S/C10H12ClNOS/c11-10(14,7-6-9(12)13)8-4-2-1-3-5-8/h1-5,14H,6-7H2,(H2,12,13). The monoisotopic (exact) mass is 229 g/mol. The third-order valence-electron chi connectivity index (χ3n) is 1.92. The van der Waals surface area contributed by atoms with Gasteiger partial charge in [0.2, 0.25) is 5.91 Å². The minimum Gasteiger partial charge on any atom is -0.370 e. The Morgan fingerprint density at radius 3 is 2.50 bits per heavy atom. The first-order chi connectivity index (χ1) is 6.52. The average molecular weight is 230 g/mol. The third-order valence-corrected chi connectivity index (χ3v) is 2.81. The molecular formula is C10H12ClNOS. The number of amides is 1. The molecule has 1 rings (SSSR count). The van der Waals surface area contributed by atoms with Gasteiger partial charge in [0.05, 0.1) is 0 Å². The van der Waals surface area contributed by atoms with Crippen LogP contribution in [0.4, 0.5) is 0 Å². The van der Waals surface area contributed by atoms with Crippen molar-refractivity contribution in [1.29, 1.82) is 0 Å². The summed E-state index contributed by atoms with van der Waals surface area (Å²) < 4.78 is -0.809. The summed E-state index contributed by atoms with van der Waals surface area (Å²) in [4.78, 5) is 10.6. The number of nitrogens with two attached hydrogens (primary N) is 1. The minimum atomic E-state index is -0.809. The van der Waals surface area contributed by atoms with E-state index in [1.807, 2.05) is 30.3 Å². The molecule has 1 amide bonds. The van der Waals surface area contributed by atoms with Gasteiger partial charge in [0, 0.05) is 6.42 Å². The average Bonchev–Trinajstić information content (AvgIpc) is 2.16. The molecule has 1 unspecified atom stereocenters. The zero-order chi connectivity index (χ0) is 10.6. The smallest absolute Gasteiger partial charge is 0.217 e. The normalized spacial score (nSPS) is 14.7. The summed E-state index contributed by atoms with van der Waals surface area (Å²) in [5, 5.41) is 0. The van der Waals surface area contributed by atoms with E-state index < -0.39 is 4.21 Å². The van der Waals surface area contributed by atoms with Crippen molar-refractivity contribution in [3.05, 3.63) is 35.9 Å². The van der Waals surface area contributed by atoms with E-state index in [9.17, 15) is 4.79 Å². The lowest BCUT2D eigenvalue weighted by Crippen LogP contribution is -2.17. The summed E-state index contributed by atoms with van der Waals surface area (Å²) in [6, 6.07) is 9.42. The van der Waals surface area contributed by atoms with Crippen LogP contribution in [0.3, 0.4) is 0 Å². The van der Waals surface area contributed by atoms with Crippen LogP contribution >= 0.6 is 24.2 Å². The molecule has 1 aromatic rings. The summed E-state index contributed by atoms with van der Waals surface area (Å²) in [7, 11) is 0. The predicted octanol–water partition coefficient (Wildman–Crippen LogP) is 2.27. The largest absolute Gasteiger partial charge is 0.370 e. The van der Waals surface area contributed by atoms with Crippen molar-refractivity contribution in [2.75, 3.05) is 0 Å². The van der Waals surface area contributed by atoms with Gasteiger partial charge in [-0.25, -0.2) is 0 Å². The lowest BCUT2D eigenvalue weighted by molar-refractivity contribution is -0.118. The molecule has 0 fully saturated rings. The first kappa shape index (κ1) is 11.4. The Morgan fingerprint density at radius 2 is 2.00 bits per heavy atom. The first-order valence-corrected chi connectivity index (χ1v) is 5.10. The van der Waals surface area contributed by atoms with Gasteiger partial charge < -0.3 is 5.73 Å². The summed E-state index contributed by atoms with van der Waals surface area (Å²) >= 11 is 10.5. The van der Waals surface area contributed by atoms with Crippen LogP contribution in [0, 0.1) is 0 Å². The fourth-order valence-corrected chi connectivity index (χ4v) is 1.61. The zero-order valence-electron chi connectivity index (χ0n) is 7.61. The molecule has 76 valence electrons. The molecule has 0 saturated heterocycles. The Balaban J connectivity index is 2.70. The van der Waals surface area contributed by atoms with E-state index in [1.54, 1.807) is 0 Å². The number of primary amides is 1. The van der Waals surface area contributed by atoms with E-state index in [0.717, 1.165) is 5.56 Å². The number of hydrogen-bond donors (Lipinski definition) is 2. The summed E-state index contributed by atoms with van der Waals surface area (Å²) in [5.41, 5.74) is 5.93. The molecule has 0 radical (unpaired) electrons. The highest BCUT2D eigenvalue weighted by Crippen LogP contribution is 2.37. The van der Waals surface area contributed by atoms with E-state index >= 15 is 0 Å². The highest BCUT2D eigenvalue weighted by molar-refractivity contribution is 7.82. The second-order valence-corrected chi connectivity index (χ2v) is 4.76. The second kappa shape index (κ2) is 4.71. The molecule has 0 aliphatic rings. The van der Waals surface area contributed by atoms with Crippen molar-refractivity contribution in [3.8, 4) is 0 Å². The maximum Gasteiger partial charge on any atom is 0.217 e. The van der Waals surface area contributed by atoms with Gasteiger partial charge in [-0.1, -0.05) is 30.3 Å². The Kier molecular flexibility index (Phi) is 3.84. The van der Waals surface area contributed by atoms with Crippen LogP contribution in [-0.2, 0) is 9.00 Å². The molecule has 2 nitrogen and oxygen atoms in total. The van der Waals surface area contributed by atoms with E-state index in [4.69, 9.17) is 17.3 Å². The van der Waals surface area contributed by atoms with Crippen molar-refractivity contribution in [2.45, 2.75) is 17.0 Å². The number of alkyl halides is 1. The van der Waals surface area contributed by atoms with Crippen molar-refractivity contribution in [1.82, 2.24) is 0 Å². The van der Waals surface area contributed by atoms with E-state index in [-0.39, 0.29) is 12.3 Å². The molecule has 14 heavy (non-hydrogen) atoms. The number of hydrogen-bond acceptors (Lipinski definition) is 2. The van der Waals surface area contributed by atoms with Gasteiger partial charge >= 0.3 is 0 Å². The number of halogens is 1. The second-order valence-electron chi connectivity index (χ2n) is 3.09. The molecule has 1 aromatic carbocycles. The number of carbonyl (C=O) groups excluding carboxylic acids is 1. The molecule has 2 N–H and O–H groups in total. The van der Waals surface area contributed by atoms with Gasteiger partial charge in [-0.2, -0.15) is 12.6 Å². The molecular weight excluding hydrogens is 218 g/mol. The van der Waals surface area contributed by atoms with Crippen LogP contribution < -0.4 is 5.73 Å². The topological polar surface area (TPSA) is 43.1 Å². The zero-order valence-corrected chi connectivity index (χ0v) is 9.26. The number of carbonyl (C=O) groups is 1. The van der Waals surface area contributed by atoms with E-state index in [0.29, 0.717) is 6.42 Å². The fraction of sp³-hybridized carbons (Fsp3) is 0.300. The van der Waals surface area contributed by atoms with Crippen molar-refractivity contribution in [2.24, 2.45) is 5.73 Å². The molecule has 4 heteroatoms. The molecule has 0 aromatic heterocycles. The Morgan fingerprint density at radius 1 is 1.43 bits per heavy atom. The highest BCUT2D eigenvalue weighted by atomic mass is 35.5. The van der Waals surface area contributed by atoms with Crippen molar-refractivity contribution < 1.29 is 4.79 Å². The predicted molar refractivity (Wildman–Crippen MR) is 61.4 cm³/mol. The molecule has 0 heterocycles. The molecule has 0 saturated carbocycles. The number of rotatable bonds is 4. The van der Waals surface area contributed by atoms with Crippen molar-refractivity contribution in [3.63, 3.8) is 0 Å². The summed E-state index contributed by atoms with van der Waals surface area (Å²) in [6.45, 7) is 0. The lowest BCUT2D eigenvalue weighted by Gasteiger charge is -2.20. The van der Waals surface area contributed by atoms with Gasteiger partial charge in [0.25, 0.3) is 0 Å². The molecule has 1 atom stereocenters.